The molecule has 3 rings (SSSR count). The van der Waals surface area contributed by atoms with Crippen LogP contribution in [0.1, 0.15) is 47.1 Å². The zero-order valence-corrected chi connectivity index (χ0v) is 15.7. The normalized spacial score (nSPS) is 12.7. The molecule has 2 N–H and O–H groups in total. The molecule has 0 bridgehead atoms. The molecule has 6 nitrogen and oxygen atoms in total. The molecule has 6 heteroatoms. The molecule has 0 atom stereocenters. The minimum Gasteiger partial charge on any atom is -0.350 e. The number of fused-ring (bicyclic) bond motifs is 1. The molecule has 2 aromatic rings. The molecule has 0 saturated carbocycles. The third-order valence-electron chi connectivity index (χ3n) is 4.46. The van der Waals surface area contributed by atoms with Crippen LogP contribution in [0.4, 0.5) is 11.4 Å². The third-order valence-corrected chi connectivity index (χ3v) is 4.46. The summed E-state index contributed by atoms with van der Waals surface area (Å²) in [4.78, 5) is 38.4. The summed E-state index contributed by atoms with van der Waals surface area (Å²) in [6, 6.07) is 12.2. The zero-order valence-electron chi connectivity index (χ0n) is 15.7. The maximum Gasteiger partial charge on any atom is 0.255 e. The Morgan fingerprint density at radius 2 is 1.78 bits per heavy atom. The molecule has 0 spiro atoms. The molecule has 0 saturated heterocycles. The van der Waals surface area contributed by atoms with E-state index in [2.05, 4.69) is 10.6 Å². The number of carbonyl (C=O) groups excluding carboxylic acids is 3. The number of amides is 3. The quantitative estimate of drug-likeness (QED) is 0.874. The van der Waals surface area contributed by atoms with Crippen LogP contribution in [0.5, 0.6) is 0 Å². The first-order valence-electron chi connectivity index (χ1n) is 8.99. The van der Waals surface area contributed by atoms with Crippen LogP contribution in [0.3, 0.4) is 0 Å². The lowest BCUT2D eigenvalue weighted by Crippen LogP contribution is -2.31. The van der Waals surface area contributed by atoms with E-state index in [4.69, 9.17) is 0 Å². The van der Waals surface area contributed by atoms with Gasteiger partial charge in [0.05, 0.1) is 11.3 Å². The summed E-state index contributed by atoms with van der Waals surface area (Å²) in [6.45, 7) is 5.94. The van der Waals surface area contributed by atoms with Crippen molar-refractivity contribution in [2.45, 2.75) is 33.2 Å². The van der Waals surface area contributed by atoms with Crippen molar-refractivity contribution in [2.75, 3.05) is 16.8 Å². The standard InChI is InChI=1S/C21H23N3O3/c1-13(2)22-21(27)17-6-4-5-7-18(17)23-20(26)16-8-9-19-15(12-16)10-11-24(19)14(3)25/h4-9,12-13H,10-11H2,1-3H3,(H,22,27)(H,23,26). The number of nitrogens with one attached hydrogen (secondary N) is 2. The van der Waals surface area contributed by atoms with Gasteiger partial charge in [-0.2, -0.15) is 0 Å². The van der Waals surface area contributed by atoms with Crippen molar-refractivity contribution in [1.82, 2.24) is 5.32 Å². The van der Waals surface area contributed by atoms with Crippen molar-refractivity contribution >= 4 is 29.1 Å². The Morgan fingerprint density at radius 3 is 2.48 bits per heavy atom. The van der Waals surface area contributed by atoms with Crippen LogP contribution in [0.2, 0.25) is 0 Å². The second-order valence-corrected chi connectivity index (χ2v) is 6.89. The van der Waals surface area contributed by atoms with E-state index in [-0.39, 0.29) is 23.8 Å². The predicted octanol–water partition coefficient (Wildman–Crippen LogP) is 2.99. The number of hydrogen-bond acceptors (Lipinski definition) is 3. The fourth-order valence-corrected chi connectivity index (χ4v) is 3.19. The van der Waals surface area contributed by atoms with E-state index in [1.54, 1.807) is 41.3 Å². The Balaban J connectivity index is 1.81. The molecule has 1 aliphatic heterocycles. The number of benzene rings is 2. The molecule has 2 aromatic carbocycles. The second kappa shape index (κ2) is 7.61. The Morgan fingerprint density at radius 1 is 1.04 bits per heavy atom. The van der Waals surface area contributed by atoms with Crippen LogP contribution in [0.25, 0.3) is 0 Å². The number of hydrogen-bond donors (Lipinski definition) is 2. The van der Waals surface area contributed by atoms with Gasteiger partial charge in [0, 0.05) is 30.8 Å². The summed E-state index contributed by atoms with van der Waals surface area (Å²) in [5.41, 5.74) is 3.22. The van der Waals surface area contributed by atoms with Crippen molar-refractivity contribution < 1.29 is 14.4 Å². The van der Waals surface area contributed by atoms with Crippen molar-refractivity contribution in [3.05, 3.63) is 59.2 Å². The lowest BCUT2D eigenvalue weighted by molar-refractivity contribution is -0.116. The average molecular weight is 365 g/mol. The summed E-state index contributed by atoms with van der Waals surface area (Å²) in [5, 5.41) is 5.66. The van der Waals surface area contributed by atoms with Gasteiger partial charge in [0.2, 0.25) is 5.91 Å². The number of rotatable bonds is 4. The molecular weight excluding hydrogens is 342 g/mol. The van der Waals surface area contributed by atoms with Gasteiger partial charge < -0.3 is 15.5 Å². The van der Waals surface area contributed by atoms with Gasteiger partial charge in [-0.25, -0.2) is 0 Å². The summed E-state index contributed by atoms with van der Waals surface area (Å²) < 4.78 is 0. The first kappa shape index (κ1) is 18.6. The van der Waals surface area contributed by atoms with E-state index in [1.807, 2.05) is 19.9 Å². The molecular formula is C21H23N3O3. The Labute approximate surface area is 158 Å². The van der Waals surface area contributed by atoms with Gasteiger partial charge in [0.25, 0.3) is 11.8 Å². The van der Waals surface area contributed by atoms with Gasteiger partial charge in [-0.3, -0.25) is 14.4 Å². The topological polar surface area (TPSA) is 78.5 Å². The van der Waals surface area contributed by atoms with Crippen molar-refractivity contribution in [1.29, 1.82) is 0 Å². The third kappa shape index (κ3) is 4.00. The van der Waals surface area contributed by atoms with Crippen LogP contribution < -0.4 is 15.5 Å². The van der Waals surface area contributed by atoms with E-state index >= 15 is 0 Å². The number of nitrogens with zero attached hydrogens (tertiary/aromatic N) is 1. The molecule has 0 aliphatic carbocycles. The van der Waals surface area contributed by atoms with Gasteiger partial charge in [0.1, 0.15) is 0 Å². The van der Waals surface area contributed by atoms with E-state index in [0.29, 0.717) is 23.4 Å². The zero-order chi connectivity index (χ0) is 19.6. The van der Waals surface area contributed by atoms with Gasteiger partial charge in [-0.1, -0.05) is 12.1 Å². The fourth-order valence-electron chi connectivity index (χ4n) is 3.19. The largest absolute Gasteiger partial charge is 0.350 e. The highest BCUT2D eigenvalue weighted by atomic mass is 16.2. The lowest BCUT2D eigenvalue weighted by Gasteiger charge is -2.15. The molecule has 3 amide bonds. The van der Waals surface area contributed by atoms with Crippen LogP contribution in [0.15, 0.2) is 42.5 Å². The highest BCUT2D eigenvalue weighted by molar-refractivity contribution is 6.09. The Kier molecular flexibility index (Phi) is 5.26. The van der Waals surface area contributed by atoms with E-state index in [9.17, 15) is 14.4 Å². The highest BCUT2D eigenvalue weighted by Gasteiger charge is 2.23. The van der Waals surface area contributed by atoms with Gasteiger partial charge in [-0.05, 0) is 56.2 Å². The average Bonchev–Trinajstić information content (AvgIpc) is 3.05. The maximum atomic E-state index is 12.7. The molecule has 140 valence electrons. The summed E-state index contributed by atoms with van der Waals surface area (Å²) in [5.74, 6) is -0.521. The smallest absolute Gasteiger partial charge is 0.255 e. The number of para-hydroxylation sites is 1. The van der Waals surface area contributed by atoms with Crippen molar-refractivity contribution in [3.63, 3.8) is 0 Å². The van der Waals surface area contributed by atoms with E-state index in [0.717, 1.165) is 17.7 Å². The highest BCUT2D eigenvalue weighted by Crippen LogP contribution is 2.29. The van der Waals surface area contributed by atoms with Gasteiger partial charge in [0.15, 0.2) is 0 Å². The van der Waals surface area contributed by atoms with Crippen molar-refractivity contribution in [2.24, 2.45) is 0 Å². The minimum atomic E-state index is -0.288. The van der Waals surface area contributed by atoms with Crippen molar-refractivity contribution in [3.8, 4) is 0 Å². The lowest BCUT2D eigenvalue weighted by atomic mass is 10.1. The second-order valence-electron chi connectivity index (χ2n) is 6.89. The molecule has 1 heterocycles. The maximum absolute atomic E-state index is 12.7. The minimum absolute atomic E-state index is 0.00203. The molecule has 0 unspecified atom stereocenters. The SMILES string of the molecule is CC(=O)N1CCc2cc(C(=O)Nc3ccccc3C(=O)NC(C)C)ccc21. The van der Waals surface area contributed by atoms with Crippen LogP contribution in [-0.4, -0.2) is 30.3 Å². The molecule has 1 aliphatic rings. The first-order chi connectivity index (χ1) is 12.9. The Hall–Kier alpha value is -3.15. The molecule has 0 aromatic heterocycles. The summed E-state index contributed by atoms with van der Waals surface area (Å²) >= 11 is 0. The van der Waals surface area contributed by atoms with Gasteiger partial charge >= 0.3 is 0 Å². The van der Waals surface area contributed by atoms with Crippen LogP contribution in [-0.2, 0) is 11.2 Å². The predicted molar refractivity (Wildman–Crippen MR) is 105 cm³/mol. The monoisotopic (exact) mass is 365 g/mol. The molecule has 27 heavy (non-hydrogen) atoms. The van der Waals surface area contributed by atoms with E-state index in [1.165, 1.54) is 6.92 Å². The van der Waals surface area contributed by atoms with Gasteiger partial charge in [-0.15, -0.1) is 0 Å². The number of carbonyl (C=O) groups is 3. The fraction of sp³-hybridized carbons (Fsp3) is 0.286. The summed E-state index contributed by atoms with van der Waals surface area (Å²) in [7, 11) is 0. The number of anilines is 2. The van der Waals surface area contributed by atoms with Crippen LogP contribution in [0, 0.1) is 0 Å². The summed E-state index contributed by atoms with van der Waals surface area (Å²) in [6.07, 6.45) is 0.726. The molecule has 0 radical (unpaired) electrons. The van der Waals surface area contributed by atoms with Crippen LogP contribution >= 0.6 is 0 Å². The Bertz CT molecular complexity index is 905. The first-order valence-corrected chi connectivity index (χ1v) is 8.99. The molecule has 0 fully saturated rings. The van der Waals surface area contributed by atoms with E-state index < -0.39 is 0 Å².